The molecule has 0 fully saturated rings. The van der Waals surface area contributed by atoms with E-state index in [2.05, 4.69) is 29.4 Å². The van der Waals surface area contributed by atoms with Crippen molar-refractivity contribution in [3.05, 3.63) is 48.1 Å². The second kappa shape index (κ2) is 6.88. The van der Waals surface area contributed by atoms with Gasteiger partial charge in [-0.2, -0.15) is 0 Å². The van der Waals surface area contributed by atoms with Crippen molar-refractivity contribution in [2.45, 2.75) is 32.6 Å². The van der Waals surface area contributed by atoms with Crippen LogP contribution in [0, 0.1) is 5.92 Å². The number of aromatic nitrogens is 1. The number of amides is 1. The Labute approximate surface area is 134 Å². The monoisotopic (exact) mass is 312 g/mol. The van der Waals surface area contributed by atoms with Crippen LogP contribution in [0.15, 0.2) is 48.1 Å². The number of thiazole rings is 1. The third kappa shape index (κ3) is 3.45. The number of hydrogen-bond acceptors (Lipinski definition) is 3. The van der Waals surface area contributed by atoms with E-state index in [0.29, 0.717) is 5.13 Å². The first kappa shape index (κ1) is 15.0. The summed E-state index contributed by atoms with van der Waals surface area (Å²) in [6.45, 7) is 2.20. The van der Waals surface area contributed by atoms with Gasteiger partial charge in [-0.1, -0.05) is 60.6 Å². The van der Waals surface area contributed by atoms with Crippen molar-refractivity contribution in [1.82, 2.24) is 4.98 Å². The highest BCUT2D eigenvalue weighted by molar-refractivity contribution is 7.22. The first-order valence-corrected chi connectivity index (χ1v) is 8.61. The Morgan fingerprint density at radius 1 is 1.41 bits per heavy atom. The van der Waals surface area contributed by atoms with Gasteiger partial charge in [0.05, 0.1) is 16.1 Å². The van der Waals surface area contributed by atoms with E-state index in [1.54, 1.807) is 0 Å². The molecule has 1 atom stereocenters. The van der Waals surface area contributed by atoms with E-state index >= 15 is 0 Å². The zero-order valence-electron chi connectivity index (χ0n) is 12.7. The van der Waals surface area contributed by atoms with Crippen LogP contribution in [0.4, 0.5) is 5.13 Å². The topological polar surface area (TPSA) is 42.0 Å². The molecule has 3 nitrogen and oxygen atoms in total. The number of nitrogens with zero attached hydrogens (tertiary/aromatic N) is 1. The van der Waals surface area contributed by atoms with Gasteiger partial charge in [0, 0.05) is 0 Å². The largest absolute Gasteiger partial charge is 0.301 e. The average Bonchev–Trinajstić information content (AvgIpc) is 2.95. The van der Waals surface area contributed by atoms with Crippen LogP contribution in [-0.4, -0.2) is 10.9 Å². The number of unbranched alkanes of at least 4 members (excludes halogenated alkanes) is 1. The quantitative estimate of drug-likeness (QED) is 0.850. The molecule has 1 aliphatic rings. The molecule has 0 radical (unpaired) electrons. The molecule has 4 heteroatoms. The summed E-state index contributed by atoms with van der Waals surface area (Å²) in [6.07, 6.45) is 10.6. The lowest BCUT2D eigenvalue weighted by molar-refractivity contribution is -0.118. The molecule has 1 aliphatic carbocycles. The Bertz CT molecular complexity index is 697. The predicted molar refractivity (Wildman–Crippen MR) is 93.1 cm³/mol. The fourth-order valence-corrected chi connectivity index (χ4v) is 3.42. The van der Waals surface area contributed by atoms with Gasteiger partial charge in [0.2, 0.25) is 5.91 Å². The minimum absolute atomic E-state index is 0.0288. The molecular formula is C18H20N2OS. The summed E-state index contributed by atoms with van der Waals surface area (Å²) in [7, 11) is 0. The molecule has 0 aliphatic heterocycles. The Kier molecular flexibility index (Phi) is 4.68. The number of carbonyl (C=O) groups excluding carboxylic acids is 1. The van der Waals surface area contributed by atoms with Crippen LogP contribution in [0.5, 0.6) is 0 Å². The van der Waals surface area contributed by atoms with Gasteiger partial charge in [-0.05, 0) is 31.4 Å². The molecular weight excluding hydrogens is 292 g/mol. The zero-order valence-corrected chi connectivity index (χ0v) is 13.5. The third-order valence-corrected chi connectivity index (χ3v) is 4.81. The van der Waals surface area contributed by atoms with Gasteiger partial charge >= 0.3 is 0 Å². The predicted octanol–water partition coefficient (Wildman–Crippen LogP) is 4.93. The van der Waals surface area contributed by atoms with Crippen LogP contribution in [0.3, 0.4) is 0 Å². The van der Waals surface area contributed by atoms with E-state index in [9.17, 15) is 4.79 Å². The Morgan fingerprint density at radius 2 is 2.27 bits per heavy atom. The number of carbonyl (C=O) groups is 1. The number of fused-ring (bicyclic) bond motifs is 1. The lowest BCUT2D eigenvalue weighted by atomic mass is 9.94. The lowest BCUT2D eigenvalue weighted by Crippen LogP contribution is -2.21. The molecule has 0 bridgehead atoms. The SMILES string of the molecule is CCCCC1=CCC(C(=O)Nc2nc3ccccc3s2)C=C1. The highest BCUT2D eigenvalue weighted by Gasteiger charge is 2.18. The molecule has 0 saturated heterocycles. The number of rotatable bonds is 5. The maximum absolute atomic E-state index is 12.3. The minimum atomic E-state index is -0.0858. The summed E-state index contributed by atoms with van der Waals surface area (Å²) in [5.74, 6) is -0.0570. The molecule has 2 aromatic rings. The van der Waals surface area contributed by atoms with E-state index in [0.717, 1.165) is 23.1 Å². The van der Waals surface area contributed by atoms with E-state index in [-0.39, 0.29) is 11.8 Å². The Morgan fingerprint density at radius 3 is 3.00 bits per heavy atom. The first-order valence-electron chi connectivity index (χ1n) is 7.80. The average molecular weight is 312 g/mol. The number of nitrogens with one attached hydrogen (secondary N) is 1. The number of anilines is 1. The van der Waals surface area contributed by atoms with E-state index < -0.39 is 0 Å². The fraction of sp³-hybridized carbons (Fsp3) is 0.333. The summed E-state index contributed by atoms with van der Waals surface area (Å²) in [4.78, 5) is 16.8. The van der Waals surface area contributed by atoms with Gasteiger partial charge < -0.3 is 5.32 Å². The summed E-state index contributed by atoms with van der Waals surface area (Å²) in [5.41, 5.74) is 2.29. The number of benzene rings is 1. The van der Waals surface area contributed by atoms with Crippen LogP contribution >= 0.6 is 11.3 Å². The second-order valence-electron chi connectivity index (χ2n) is 5.56. The van der Waals surface area contributed by atoms with Crippen molar-refractivity contribution in [2.24, 2.45) is 5.92 Å². The van der Waals surface area contributed by atoms with Gasteiger partial charge in [-0.15, -0.1) is 0 Å². The zero-order chi connectivity index (χ0) is 15.4. The highest BCUT2D eigenvalue weighted by atomic mass is 32.1. The molecule has 114 valence electrons. The Balaban J connectivity index is 1.61. The van der Waals surface area contributed by atoms with Crippen LogP contribution in [0.2, 0.25) is 0 Å². The maximum Gasteiger partial charge on any atom is 0.233 e. The van der Waals surface area contributed by atoms with Crippen molar-refractivity contribution < 1.29 is 4.79 Å². The number of hydrogen-bond donors (Lipinski definition) is 1. The summed E-state index contributed by atoms with van der Waals surface area (Å²) >= 11 is 1.52. The molecule has 0 saturated carbocycles. The van der Waals surface area contributed by atoms with Crippen LogP contribution in [-0.2, 0) is 4.79 Å². The van der Waals surface area contributed by atoms with Gasteiger partial charge in [0.1, 0.15) is 0 Å². The molecule has 22 heavy (non-hydrogen) atoms. The Hall–Kier alpha value is -1.94. The van der Waals surface area contributed by atoms with Crippen molar-refractivity contribution >= 4 is 32.6 Å². The lowest BCUT2D eigenvalue weighted by Gasteiger charge is -2.15. The number of allylic oxidation sites excluding steroid dienone is 3. The van der Waals surface area contributed by atoms with Crippen molar-refractivity contribution in [1.29, 1.82) is 0 Å². The third-order valence-electron chi connectivity index (χ3n) is 3.86. The minimum Gasteiger partial charge on any atom is -0.301 e. The number of para-hydroxylation sites is 1. The molecule has 1 amide bonds. The second-order valence-corrected chi connectivity index (χ2v) is 6.59. The summed E-state index contributed by atoms with van der Waals surface area (Å²) in [5, 5.41) is 3.63. The molecule has 1 unspecified atom stereocenters. The maximum atomic E-state index is 12.3. The van der Waals surface area contributed by atoms with Crippen molar-refractivity contribution in [2.75, 3.05) is 5.32 Å². The molecule has 3 rings (SSSR count). The first-order chi connectivity index (χ1) is 10.8. The van der Waals surface area contributed by atoms with Gasteiger partial charge in [0.15, 0.2) is 5.13 Å². The van der Waals surface area contributed by atoms with E-state index in [1.807, 2.05) is 30.3 Å². The van der Waals surface area contributed by atoms with Gasteiger partial charge in [-0.25, -0.2) is 4.98 Å². The van der Waals surface area contributed by atoms with Gasteiger partial charge in [-0.3, -0.25) is 4.79 Å². The highest BCUT2D eigenvalue weighted by Crippen LogP contribution is 2.27. The summed E-state index contributed by atoms with van der Waals surface area (Å²) < 4.78 is 1.10. The van der Waals surface area contributed by atoms with E-state index in [4.69, 9.17) is 0 Å². The molecule has 1 heterocycles. The van der Waals surface area contributed by atoms with Crippen molar-refractivity contribution in [3.63, 3.8) is 0 Å². The molecule has 1 aromatic heterocycles. The van der Waals surface area contributed by atoms with Gasteiger partial charge in [0.25, 0.3) is 0 Å². The van der Waals surface area contributed by atoms with Crippen LogP contribution in [0.1, 0.15) is 32.6 Å². The molecule has 0 spiro atoms. The normalized spacial score (nSPS) is 17.5. The van der Waals surface area contributed by atoms with Crippen molar-refractivity contribution in [3.8, 4) is 0 Å². The standard InChI is InChI=1S/C18H20N2OS/c1-2-3-6-13-9-11-14(12-10-13)17(21)20-18-19-15-7-4-5-8-16(15)22-18/h4-5,7-11,14H,2-3,6,12H2,1H3,(H,19,20,21). The van der Waals surface area contributed by atoms with Crippen LogP contribution < -0.4 is 5.32 Å². The van der Waals surface area contributed by atoms with Crippen LogP contribution in [0.25, 0.3) is 10.2 Å². The molecule has 1 aromatic carbocycles. The fourth-order valence-electron chi connectivity index (χ4n) is 2.55. The van der Waals surface area contributed by atoms with E-state index in [1.165, 1.54) is 29.8 Å². The smallest absolute Gasteiger partial charge is 0.233 e. The summed E-state index contributed by atoms with van der Waals surface area (Å²) in [6, 6.07) is 7.93. The molecule has 1 N–H and O–H groups in total.